The third-order valence-electron chi connectivity index (χ3n) is 2.41. The van der Waals surface area contributed by atoms with Crippen LogP contribution in [-0.4, -0.2) is 0 Å². The lowest BCUT2D eigenvalue weighted by atomic mass is 9.91. The molecule has 0 spiro atoms. The molecule has 1 aliphatic heterocycles. The van der Waals surface area contributed by atoms with Crippen molar-refractivity contribution in [3.8, 4) is 0 Å². The Hall–Kier alpha value is -1.57. The van der Waals surface area contributed by atoms with Crippen molar-refractivity contribution >= 4 is 6.08 Å². The van der Waals surface area contributed by atoms with Gasteiger partial charge < -0.3 is 4.74 Å². The summed E-state index contributed by atoms with van der Waals surface area (Å²) in [6.07, 6.45) is 3.35. The summed E-state index contributed by atoms with van der Waals surface area (Å²) in [6.45, 7) is 3.85. The summed E-state index contributed by atoms with van der Waals surface area (Å²) in [7, 11) is 0. The smallest absolute Gasteiger partial charge is 0.274 e. The maximum Gasteiger partial charge on any atom is 0.274 e. The molecular formula is C13H13FO. The second-order valence-electron chi connectivity index (χ2n) is 4.19. The SMILES string of the molecule is CC1(C)C=C(F)O/C1=C/c1ccccc1. The van der Waals surface area contributed by atoms with E-state index in [-0.39, 0.29) is 5.41 Å². The molecule has 1 aromatic carbocycles. The molecule has 1 nitrogen and oxygen atoms in total. The van der Waals surface area contributed by atoms with E-state index in [0.717, 1.165) is 5.56 Å². The second-order valence-corrected chi connectivity index (χ2v) is 4.19. The van der Waals surface area contributed by atoms with Crippen LogP contribution in [0, 0.1) is 5.41 Å². The Morgan fingerprint density at radius 2 is 1.87 bits per heavy atom. The summed E-state index contributed by atoms with van der Waals surface area (Å²) in [6, 6.07) is 9.24. The minimum Gasteiger partial charge on any atom is -0.435 e. The van der Waals surface area contributed by atoms with Gasteiger partial charge in [0.2, 0.25) is 0 Å². The summed E-state index contributed by atoms with van der Waals surface area (Å²) in [4.78, 5) is 0. The van der Waals surface area contributed by atoms with Gasteiger partial charge in [-0.3, -0.25) is 0 Å². The third kappa shape index (κ3) is 2.09. The predicted octanol–water partition coefficient (Wildman–Crippen LogP) is 3.89. The topological polar surface area (TPSA) is 9.23 Å². The molecule has 0 aliphatic carbocycles. The van der Waals surface area contributed by atoms with Crippen LogP contribution in [-0.2, 0) is 4.74 Å². The first-order chi connectivity index (χ1) is 7.08. The van der Waals surface area contributed by atoms with Crippen molar-refractivity contribution in [2.24, 2.45) is 5.41 Å². The first-order valence-corrected chi connectivity index (χ1v) is 4.91. The van der Waals surface area contributed by atoms with E-state index in [9.17, 15) is 4.39 Å². The third-order valence-corrected chi connectivity index (χ3v) is 2.41. The van der Waals surface area contributed by atoms with Crippen LogP contribution >= 0.6 is 0 Å². The molecule has 2 heteroatoms. The van der Waals surface area contributed by atoms with Gasteiger partial charge in [-0.1, -0.05) is 30.3 Å². The largest absolute Gasteiger partial charge is 0.435 e. The zero-order valence-corrected chi connectivity index (χ0v) is 8.83. The minimum absolute atomic E-state index is 0.361. The Labute approximate surface area is 88.9 Å². The lowest BCUT2D eigenvalue weighted by molar-refractivity contribution is 0.214. The minimum atomic E-state index is -0.512. The van der Waals surface area contributed by atoms with Crippen molar-refractivity contribution in [1.29, 1.82) is 0 Å². The molecule has 2 rings (SSSR count). The van der Waals surface area contributed by atoms with Gasteiger partial charge in [0.15, 0.2) is 0 Å². The van der Waals surface area contributed by atoms with Gasteiger partial charge in [0.05, 0.1) is 0 Å². The molecule has 0 unspecified atom stereocenters. The number of ether oxygens (including phenoxy) is 1. The molecule has 0 aromatic heterocycles. The van der Waals surface area contributed by atoms with E-state index in [2.05, 4.69) is 0 Å². The molecular weight excluding hydrogens is 191 g/mol. The molecule has 1 heterocycles. The van der Waals surface area contributed by atoms with Crippen LogP contribution in [0.5, 0.6) is 0 Å². The van der Waals surface area contributed by atoms with E-state index < -0.39 is 6.01 Å². The lowest BCUT2D eigenvalue weighted by Crippen LogP contribution is -2.06. The van der Waals surface area contributed by atoms with Crippen LogP contribution in [0.1, 0.15) is 19.4 Å². The molecule has 15 heavy (non-hydrogen) atoms. The number of halogens is 1. The van der Waals surface area contributed by atoms with E-state index in [1.807, 2.05) is 50.3 Å². The van der Waals surface area contributed by atoms with Crippen LogP contribution in [0.25, 0.3) is 6.08 Å². The summed E-state index contributed by atoms with van der Waals surface area (Å²) < 4.78 is 18.0. The molecule has 0 saturated carbocycles. The number of hydrogen-bond donors (Lipinski definition) is 0. The number of hydrogen-bond acceptors (Lipinski definition) is 1. The van der Waals surface area contributed by atoms with Crippen molar-refractivity contribution in [3.63, 3.8) is 0 Å². The van der Waals surface area contributed by atoms with Crippen molar-refractivity contribution in [2.75, 3.05) is 0 Å². The zero-order chi connectivity index (χ0) is 10.9. The highest BCUT2D eigenvalue weighted by Crippen LogP contribution is 2.39. The summed E-state index contributed by atoms with van der Waals surface area (Å²) in [5.74, 6) is 0.645. The quantitative estimate of drug-likeness (QED) is 0.674. The fourth-order valence-corrected chi connectivity index (χ4v) is 1.54. The monoisotopic (exact) mass is 204 g/mol. The van der Waals surface area contributed by atoms with Crippen molar-refractivity contribution in [1.82, 2.24) is 0 Å². The first kappa shape index (κ1) is 9.97. The zero-order valence-electron chi connectivity index (χ0n) is 8.83. The molecule has 0 radical (unpaired) electrons. The molecule has 0 bridgehead atoms. The maximum absolute atomic E-state index is 13.0. The number of rotatable bonds is 1. The van der Waals surface area contributed by atoms with E-state index in [0.29, 0.717) is 5.76 Å². The van der Waals surface area contributed by atoms with Gasteiger partial charge in [0.1, 0.15) is 5.76 Å². The van der Waals surface area contributed by atoms with Crippen LogP contribution < -0.4 is 0 Å². The molecule has 0 fully saturated rings. The van der Waals surface area contributed by atoms with Crippen LogP contribution in [0.15, 0.2) is 48.2 Å². The van der Waals surface area contributed by atoms with Crippen molar-refractivity contribution in [2.45, 2.75) is 13.8 Å². The van der Waals surface area contributed by atoms with E-state index in [1.165, 1.54) is 6.08 Å². The Morgan fingerprint density at radius 3 is 2.40 bits per heavy atom. The highest BCUT2D eigenvalue weighted by Gasteiger charge is 2.31. The van der Waals surface area contributed by atoms with Crippen LogP contribution in [0.2, 0.25) is 0 Å². The van der Waals surface area contributed by atoms with Crippen LogP contribution in [0.3, 0.4) is 0 Å². The summed E-state index contributed by atoms with van der Waals surface area (Å²) >= 11 is 0. The number of benzene rings is 1. The highest BCUT2D eigenvalue weighted by atomic mass is 19.1. The predicted molar refractivity (Wildman–Crippen MR) is 58.5 cm³/mol. The molecule has 1 aliphatic rings. The van der Waals surface area contributed by atoms with E-state index in [4.69, 9.17) is 4.74 Å². The molecule has 1 aromatic rings. The van der Waals surface area contributed by atoms with Crippen molar-refractivity contribution < 1.29 is 9.13 Å². The van der Waals surface area contributed by atoms with Crippen molar-refractivity contribution in [3.05, 3.63) is 53.7 Å². The van der Waals surface area contributed by atoms with Gasteiger partial charge in [-0.15, -0.1) is 0 Å². The fraction of sp³-hybridized carbons (Fsp3) is 0.231. The van der Waals surface area contributed by atoms with Crippen LogP contribution in [0.4, 0.5) is 4.39 Å². The van der Waals surface area contributed by atoms with Gasteiger partial charge in [0, 0.05) is 11.5 Å². The van der Waals surface area contributed by atoms with Gasteiger partial charge >= 0.3 is 0 Å². The molecule has 0 atom stereocenters. The average molecular weight is 204 g/mol. The summed E-state index contributed by atoms with van der Waals surface area (Å²) in [5.41, 5.74) is 0.656. The second kappa shape index (κ2) is 3.54. The lowest BCUT2D eigenvalue weighted by Gasteiger charge is -2.15. The molecule has 0 amide bonds. The summed E-state index contributed by atoms with van der Waals surface area (Å²) in [5, 5.41) is 0. The Morgan fingerprint density at radius 1 is 1.20 bits per heavy atom. The van der Waals surface area contributed by atoms with Gasteiger partial charge in [-0.25, -0.2) is 0 Å². The average Bonchev–Trinajstić information content (AvgIpc) is 2.41. The fourth-order valence-electron chi connectivity index (χ4n) is 1.54. The standard InChI is InChI=1S/C13H13FO/c1-13(2)9-12(14)15-11(13)8-10-6-4-3-5-7-10/h3-9H,1-2H3/b11-8+. The number of allylic oxidation sites excluding steroid dienone is 1. The maximum atomic E-state index is 13.0. The molecule has 0 N–H and O–H groups in total. The molecule has 0 saturated heterocycles. The Balaban J connectivity index is 2.31. The first-order valence-electron chi connectivity index (χ1n) is 4.91. The van der Waals surface area contributed by atoms with Gasteiger partial charge in [0.25, 0.3) is 6.01 Å². The normalized spacial score (nSPS) is 21.3. The van der Waals surface area contributed by atoms with Gasteiger partial charge in [-0.05, 0) is 25.5 Å². The molecule has 78 valence electrons. The highest BCUT2D eigenvalue weighted by molar-refractivity contribution is 5.54. The Kier molecular flexibility index (Phi) is 2.35. The Bertz CT molecular complexity index is 415. The van der Waals surface area contributed by atoms with Gasteiger partial charge in [-0.2, -0.15) is 4.39 Å². The van der Waals surface area contributed by atoms with E-state index >= 15 is 0 Å². The van der Waals surface area contributed by atoms with E-state index in [1.54, 1.807) is 0 Å².